The van der Waals surface area contributed by atoms with Gasteiger partial charge < -0.3 is 5.11 Å². The second-order valence-electron chi connectivity index (χ2n) is 6.41. The highest BCUT2D eigenvalue weighted by molar-refractivity contribution is 7.86. The summed E-state index contributed by atoms with van der Waals surface area (Å²) in [6.07, 6.45) is 12.5. The van der Waals surface area contributed by atoms with Gasteiger partial charge >= 0.3 is 0 Å². The Labute approximate surface area is 137 Å². The van der Waals surface area contributed by atoms with Gasteiger partial charge in [-0.25, -0.2) is 0 Å². The van der Waals surface area contributed by atoms with E-state index >= 15 is 0 Å². The van der Waals surface area contributed by atoms with E-state index in [1.165, 1.54) is 44.9 Å². The molecule has 5 heteroatoms. The van der Waals surface area contributed by atoms with Crippen LogP contribution in [0, 0.1) is 0 Å². The van der Waals surface area contributed by atoms with Crippen molar-refractivity contribution in [2.45, 2.75) is 109 Å². The summed E-state index contributed by atoms with van der Waals surface area (Å²) in [7, 11) is -4.04. The maximum atomic E-state index is 11.3. The van der Waals surface area contributed by atoms with E-state index in [-0.39, 0.29) is 6.42 Å². The van der Waals surface area contributed by atoms with Gasteiger partial charge in [-0.1, -0.05) is 78.1 Å². The van der Waals surface area contributed by atoms with Crippen LogP contribution < -0.4 is 0 Å². The summed E-state index contributed by atoms with van der Waals surface area (Å²) >= 11 is 0. The summed E-state index contributed by atoms with van der Waals surface area (Å²) in [5.74, 6) is 0. The van der Waals surface area contributed by atoms with E-state index in [9.17, 15) is 18.1 Å². The third kappa shape index (κ3) is 12.4. The molecule has 4 nitrogen and oxygen atoms in total. The normalized spacial score (nSPS) is 14.9. The van der Waals surface area contributed by atoms with Crippen molar-refractivity contribution in [3.63, 3.8) is 0 Å². The van der Waals surface area contributed by atoms with Crippen LogP contribution in [0.2, 0.25) is 0 Å². The van der Waals surface area contributed by atoms with E-state index < -0.39 is 21.5 Å². The summed E-state index contributed by atoms with van der Waals surface area (Å²) in [6.45, 7) is 4.03. The number of aliphatic hydroxyl groups is 1. The van der Waals surface area contributed by atoms with Crippen LogP contribution in [0.3, 0.4) is 0 Å². The van der Waals surface area contributed by atoms with Gasteiger partial charge in [0, 0.05) is 0 Å². The minimum atomic E-state index is -4.04. The highest BCUT2D eigenvalue weighted by Gasteiger charge is 2.24. The lowest BCUT2D eigenvalue weighted by Crippen LogP contribution is -2.25. The zero-order chi connectivity index (χ0) is 16.8. The van der Waals surface area contributed by atoms with E-state index in [2.05, 4.69) is 6.92 Å². The van der Waals surface area contributed by atoms with Crippen LogP contribution >= 0.6 is 0 Å². The van der Waals surface area contributed by atoms with Crippen LogP contribution in [0.5, 0.6) is 0 Å². The van der Waals surface area contributed by atoms with Crippen molar-refractivity contribution in [2.24, 2.45) is 0 Å². The zero-order valence-electron chi connectivity index (χ0n) is 14.5. The number of unbranched alkanes of at least 4 members (excludes halogenated alkanes) is 9. The number of rotatable bonds is 15. The Kier molecular flexibility index (Phi) is 13.2. The molecule has 22 heavy (non-hydrogen) atoms. The van der Waals surface area contributed by atoms with Gasteiger partial charge in [0.15, 0.2) is 0 Å². The Bertz CT molecular complexity index is 341. The predicted octanol–water partition coefficient (Wildman–Crippen LogP) is 4.71. The maximum absolute atomic E-state index is 11.3. The van der Waals surface area contributed by atoms with Gasteiger partial charge in [-0.2, -0.15) is 8.42 Å². The Morgan fingerprint density at radius 3 is 1.68 bits per heavy atom. The molecule has 0 heterocycles. The fourth-order valence-corrected chi connectivity index (χ4v) is 3.65. The van der Waals surface area contributed by atoms with E-state index in [4.69, 9.17) is 0 Å². The predicted molar refractivity (Wildman–Crippen MR) is 92.7 cm³/mol. The van der Waals surface area contributed by atoms with Gasteiger partial charge in [0.2, 0.25) is 0 Å². The Morgan fingerprint density at radius 2 is 1.27 bits per heavy atom. The average molecular weight is 337 g/mol. The fourth-order valence-electron chi connectivity index (χ4n) is 2.72. The molecule has 0 spiro atoms. The van der Waals surface area contributed by atoms with Gasteiger partial charge in [0.1, 0.15) is 0 Å². The SMILES string of the molecule is CCCCCCCCCCCCC(CC(O)CC)S(=O)(=O)O. The molecule has 0 aliphatic heterocycles. The van der Waals surface area contributed by atoms with Crippen molar-refractivity contribution < 1.29 is 18.1 Å². The molecule has 2 atom stereocenters. The summed E-state index contributed by atoms with van der Waals surface area (Å²) in [6, 6.07) is 0. The number of aliphatic hydroxyl groups excluding tert-OH is 1. The lowest BCUT2D eigenvalue weighted by molar-refractivity contribution is 0.156. The van der Waals surface area contributed by atoms with Gasteiger partial charge in [-0.15, -0.1) is 0 Å². The molecule has 0 aromatic rings. The molecule has 0 radical (unpaired) electrons. The van der Waals surface area contributed by atoms with Gasteiger partial charge in [0.05, 0.1) is 11.4 Å². The first-order valence-electron chi connectivity index (χ1n) is 9.06. The summed E-state index contributed by atoms with van der Waals surface area (Å²) < 4.78 is 31.9. The molecule has 0 aromatic carbocycles. The van der Waals surface area contributed by atoms with Crippen molar-refractivity contribution in [2.75, 3.05) is 0 Å². The van der Waals surface area contributed by atoms with Crippen LogP contribution in [0.25, 0.3) is 0 Å². The minimum Gasteiger partial charge on any atom is -0.393 e. The molecular formula is C17H36O4S. The van der Waals surface area contributed by atoms with Crippen LogP contribution in [0.1, 0.15) is 97.3 Å². The Morgan fingerprint density at radius 1 is 0.818 bits per heavy atom. The van der Waals surface area contributed by atoms with Crippen molar-refractivity contribution in [1.82, 2.24) is 0 Å². The van der Waals surface area contributed by atoms with Gasteiger partial charge in [0.25, 0.3) is 10.1 Å². The van der Waals surface area contributed by atoms with Crippen LogP contribution in [-0.4, -0.2) is 29.4 Å². The summed E-state index contributed by atoms with van der Waals surface area (Å²) in [5.41, 5.74) is 0. The second-order valence-corrected chi connectivity index (χ2v) is 8.10. The molecule has 2 unspecified atom stereocenters. The fraction of sp³-hybridized carbons (Fsp3) is 1.00. The first-order valence-corrected chi connectivity index (χ1v) is 10.6. The Balaban J connectivity index is 3.68. The van der Waals surface area contributed by atoms with Crippen molar-refractivity contribution in [3.8, 4) is 0 Å². The van der Waals surface area contributed by atoms with Gasteiger partial charge in [-0.05, 0) is 19.3 Å². The molecule has 0 saturated heterocycles. The molecule has 134 valence electrons. The van der Waals surface area contributed by atoms with Crippen LogP contribution in [0.4, 0.5) is 0 Å². The zero-order valence-corrected chi connectivity index (χ0v) is 15.3. The van der Waals surface area contributed by atoms with Crippen molar-refractivity contribution in [3.05, 3.63) is 0 Å². The van der Waals surface area contributed by atoms with Gasteiger partial charge in [-0.3, -0.25) is 4.55 Å². The highest BCUT2D eigenvalue weighted by atomic mass is 32.2. The second kappa shape index (κ2) is 13.3. The standard InChI is InChI=1S/C17H36O4S/c1-3-5-6-7-8-9-10-11-12-13-14-17(22(19,20)21)15-16(18)4-2/h16-18H,3-15H2,1-2H3,(H,19,20,21). The Hall–Kier alpha value is -0.130. The number of hydrogen-bond donors (Lipinski definition) is 2. The van der Waals surface area contributed by atoms with Crippen molar-refractivity contribution in [1.29, 1.82) is 0 Å². The van der Waals surface area contributed by atoms with E-state index in [1.807, 2.05) is 6.92 Å². The first kappa shape index (κ1) is 21.9. The molecule has 0 rings (SSSR count). The average Bonchev–Trinajstić information content (AvgIpc) is 2.46. The van der Waals surface area contributed by atoms with E-state index in [1.54, 1.807) is 0 Å². The lowest BCUT2D eigenvalue weighted by Gasteiger charge is -2.16. The van der Waals surface area contributed by atoms with Crippen molar-refractivity contribution >= 4 is 10.1 Å². The smallest absolute Gasteiger partial charge is 0.267 e. The quantitative estimate of drug-likeness (QED) is 0.335. The summed E-state index contributed by atoms with van der Waals surface area (Å²) in [4.78, 5) is 0. The molecule has 0 aromatic heterocycles. The molecule has 2 N–H and O–H groups in total. The molecule has 0 aliphatic carbocycles. The molecule has 0 aliphatic rings. The minimum absolute atomic E-state index is 0.146. The molecule has 0 saturated carbocycles. The third-order valence-electron chi connectivity index (χ3n) is 4.31. The van der Waals surface area contributed by atoms with E-state index in [0.29, 0.717) is 12.8 Å². The van der Waals surface area contributed by atoms with E-state index in [0.717, 1.165) is 19.3 Å². The topological polar surface area (TPSA) is 74.6 Å². The summed E-state index contributed by atoms with van der Waals surface area (Å²) in [5, 5.41) is 8.77. The lowest BCUT2D eigenvalue weighted by atomic mass is 10.0. The third-order valence-corrected chi connectivity index (χ3v) is 5.58. The maximum Gasteiger partial charge on any atom is 0.267 e. The first-order chi connectivity index (χ1) is 10.4. The highest BCUT2D eigenvalue weighted by Crippen LogP contribution is 2.18. The monoisotopic (exact) mass is 336 g/mol. The van der Waals surface area contributed by atoms with Crippen LogP contribution in [0.15, 0.2) is 0 Å². The van der Waals surface area contributed by atoms with Crippen LogP contribution in [-0.2, 0) is 10.1 Å². The molecule has 0 fully saturated rings. The number of hydrogen-bond acceptors (Lipinski definition) is 3. The molecule has 0 bridgehead atoms. The molecular weight excluding hydrogens is 300 g/mol. The molecule has 0 amide bonds. The largest absolute Gasteiger partial charge is 0.393 e.